The van der Waals surface area contributed by atoms with Crippen LogP contribution in [0, 0.1) is 6.92 Å². The fraction of sp³-hybridized carbons (Fsp3) is 0.0667. The molecule has 1 aromatic heterocycles. The molecule has 100 valence electrons. The molecule has 0 saturated carbocycles. The van der Waals surface area contributed by atoms with E-state index in [9.17, 15) is 0 Å². The van der Waals surface area contributed by atoms with Gasteiger partial charge in [0.2, 0.25) is 0 Å². The van der Waals surface area contributed by atoms with Gasteiger partial charge >= 0.3 is 0 Å². The number of hydrogen-bond donors (Lipinski definition) is 3. The third-order valence-electron chi connectivity index (χ3n) is 3.38. The van der Waals surface area contributed by atoms with Crippen LogP contribution in [0.4, 0.5) is 11.5 Å². The number of hydrazine groups is 1. The van der Waals surface area contributed by atoms with Crippen molar-refractivity contribution < 1.29 is 0 Å². The number of nitrogens with zero attached hydrogens (tertiary/aromatic N) is 2. The molecular formula is C15H15N5. The fourth-order valence-corrected chi connectivity index (χ4v) is 2.26. The predicted octanol–water partition coefficient (Wildman–Crippen LogP) is 2.47. The Morgan fingerprint density at radius 1 is 1.00 bits per heavy atom. The zero-order chi connectivity index (χ0) is 14.1. The van der Waals surface area contributed by atoms with Gasteiger partial charge in [0.25, 0.3) is 0 Å². The number of fused-ring (bicyclic) bond motifs is 1. The third kappa shape index (κ3) is 1.94. The molecule has 1 heterocycles. The SMILES string of the molecule is Cc1ccc(-c2nnc(N)c3ccccc23)cc1NN. The molecule has 5 N–H and O–H groups in total. The van der Waals surface area contributed by atoms with Gasteiger partial charge in [0, 0.05) is 16.3 Å². The van der Waals surface area contributed by atoms with Crippen LogP contribution in [-0.2, 0) is 0 Å². The van der Waals surface area contributed by atoms with Crippen LogP contribution in [0.15, 0.2) is 42.5 Å². The summed E-state index contributed by atoms with van der Waals surface area (Å²) in [6, 6.07) is 13.8. The third-order valence-corrected chi connectivity index (χ3v) is 3.38. The second-order valence-electron chi connectivity index (χ2n) is 4.65. The van der Waals surface area contributed by atoms with Crippen molar-refractivity contribution in [3.63, 3.8) is 0 Å². The Labute approximate surface area is 116 Å². The number of anilines is 2. The van der Waals surface area contributed by atoms with Crippen molar-refractivity contribution in [2.75, 3.05) is 11.2 Å². The fourth-order valence-electron chi connectivity index (χ4n) is 2.26. The molecule has 5 nitrogen and oxygen atoms in total. The Balaban J connectivity index is 2.27. The number of nitrogens with two attached hydrogens (primary N) is 2. The predicted molar refractivity (Wildman–Crippen MR) is 81.9 cm³/mol. The molecule has 3 rings (SSSR count). The molecule has 0 unspecified atom stereocenters. The molecule has 0 spiro atoms. The van der Waals surface area contributed by atoms with Gasteiger partial charge in [0.15, 0.2) is 5.82 Å². The van der Waals surface area contributed by atoms with Crippen LogP contribution in [0.2, 0.25) is 0 Å². The summed E-state index contributed by atoms with van der Waals surface area (Å²) in [5.41, 5.74) is 12.3. The van der Waals surface area contributed by atoms with Gasteiger partial charge in [-0.2, -0.15) is 0 Å². The van der Waals surface area contributed by atoms with E-state index in [1.54, 1.807) is 0 Å². The summed E-state index contributed by atoms with van der Waals surface area (Å²) in [6.45, 7) is 1.99. The second-order valence-corrected chi connectivity index (χ2v) is 4.65. The lowest BCUT2D eigenvalue weighted by molar-refractivity contribution is 1.07. The average Bonchev–Trinajstić information content (AvgIpc) is 2.49. The minimum Gasteiger partial charge on any atom is -0.382 e. The topological polar surface area (TPSA) is 89.8 Å². The highest BCUT2D eigenvalue weighted by Crippen LogP contribution is 2.30. The van der Waals surface area contributed by atoms with Crippen molar-refractivity contribution in [1.82, 2.24) is 10.2 Å². The molecule has 0 saturated heterocycles. The molecule has 0 aliphatic carbocycles. The Kier molecular flexibility index (Phi) is 2.96. The first-order valence-electron chi connectivity index (χ1n) is 6.29. The molecule has 0 aliphatic rings. The monoisotopic (exact) mass is 265 g/mol. The van der Waals surface area contributed by atoms with Crippen molar-refractivity contribution >= 4 is 22.3 Å². The van der Waals surface area contributed by atoms with Crippen molar-refractivity contribution in [2.45, 2.75) is 6.92 Å². The lowest BCUT2D eigenvalue weighted by atomic mass is 10.0. The number of rotatable bonds is 2. The van der Waals surface area contributed by atoms with Crippen LogP contribution in [0.5, 0.6) is 0 Å². The molecule has 5 heteroatoms. The smallest absolute Gasteiger partial charge is 0.154 e. The van der Waals surface area contributed by atoms with Gasteiger partial charge in [-0.3, -0.25) is 5.84 Å². The molecular weight excluding hydrogens is 250 g/mol. The summed E-state index contributed by atoms with van der Waals surface area (Å²) < 4.78 is 0. The number of aromatic nitrogens is 2. The van der Waals surface area contributed by atoms with E-state index < -0.39 is 0 Å². The van der Waals surface area contributed by atoms with Crippen LogP contribution >= 0.6 is 0 Å². The zero-order valence-electron chi connectivity index (χ0n) is 11.1. The lowest BCUT2D eigenvalue weighted by Crippen LogP contribution is -2.08. The second kappa shape index (κ2) is 4.79. The first-order chi connectivity index (χ1) is 9.70. The van der Waals surface area contributed by atoms with Crippen molar-refractivity contribution in [2.24, 2.45) is 5.84 Å². The highest BCUT2D eigenvalue weighted by Gasteiger charge is 2.10. The minimum absolute atomic E-state index is 0.439. The molecule has 3 aromatic rings. The van der Waals surface area contributed by atoms with E-state index in [4.69, 9.17) is 11.6 Å². The number of nitrogens with one attached hydrogen (secondary N) is 1. The maximum Gasteiger partial charge on any atom is 0.154 e. The Bertz CT molecular complexity index is 782. The molecule has 0 fully saturated rings. The van der Waals surface area contributed by atoms with Gasteiger partial charge in [0.05, 0.1) is 5.69 Å². The van der Waals surface area contributed by atoms with Crippen molar-refractivity contribution in [3.8, 4) is 11.3 Å². The largest absolute Gasteiger partial charge is 0.382 e. The zero-order valence-corrected chi connectivity index (χ0v) is 11.1. The van der Waals surface area contributed by atoms with Gasteiger partial charge in [-0.1, -0.05) is 36.4 Å². The maximum atomic E-state index is 5.88. The van der Waals surface area contributed by atoms with Crippen molar-refractivity contribution in [1.29, 1.82) is 0 Å². The number of hydrogen-bond acceptors (Lipinski definition) is 5. The Morgan fingerprint density at radius 2 is 1.75 bits per heavy atom. The molecule has 0 bridgehead atoms. The first-order valence-corrected chi connectivity index (χ1v) is 6.29. The van der Waals surface area contributed by atoms with E-state index in [-0.39, 0.29) is 0 Å². The molecule has 0 radical (unpaired) electrons. The van der Waals surface area contributed by atoms with Crippen molar-refractivity contribution in [3.05, 3.63) is 48.0 Å². The number of benzene rings is 2. The summed E-state index contributed by atoms with van der Waals surface area (Å²) in [5, 5.41) is 10.2. The van der Waals surface area contributed by atoms with E-state index in [1.165, 1.54) is 0 Å². The molecule has 0 aliphatic heterocycles. The normalized spacial score (nSPS) is 10.7. The quantitative estimate of drug-likeness (QED) is 0.489. The van der Waals surface area contributed by atoms with E-state index in [2.05, 4.69) is 15.6 Å². The van der Waals surface area contributed by atoms with Crippen LogP contribution in [0.1, 0.15) is 5.56 Å². The van der Waals surface area contributed by atoms with Crippen LogP contribution in [0.3, 0.4) is 0 Å². The van der Waals surface area contributed by atoms with Crippen LogP contribution in [-0.4, -0.2) is 10.2 Å². The van der Waals surface area contributed by atoms with Gasteiger partial charge in [-0.05, 0) is 18.6 Å². The highest BCUT2D eigenvalue weighted by atomic mass is 15.2. The standard InChI is InChI=1S/C15H15N5/c1-9-6-7-10(8-13(9)18-17)14-11-4-2-3-5-12(11)15(16)20-19-14/h2-8,18H,17H2,1H3,(H2,16,20). The van der Waals surface area contributed by atoms with Gasteiger partial charge in [-0.25, -0.2) is 0 Å². The van der Waals surface area contributed by atoms with Gasteiger partial charge in [-0.15, -0.1) is 10.2 Å². The maximum absolute atomic E-state index is 5.88. The Hall–Kier alpha value is -2.66. The van der Waals surface area contributed by atoms with E-state index in [0.717, 1.165) is 33.3 Å². The summed E-state index contributed by atoms with van der Waals surface area (Å²) in [4.78, 5) is 0. The molecule has 0 amide bonds. The van der Waals surface area contributed by atoms with Crippen LogP contribution in [0.25, 0.3) is 22.0 Å². The average molecular weight is 265 g/mol. The van der Waals surface area contributed by atoms with E-state index in [1.807, 2.05) is 49.4 Å². The van der Waals surface area contributed by atoms with Gasteiger partial charge in [0.1, 0.15) is 5.69 Å². The summed E-state index contributed by atoms with van der Waals surface area (Å²) in [7, 11) is 0. The van der Waals surface area contributed by atoms with Crippen LogP contribution < -0.4 is 17.0 Å². The highest BCUT2D eigenvalue weighted by molar-refractivity contribution is 5.99. The first kappa shape index (κ1) is 12.4. The van der Waals surface area contributed by atoms with E-state index >= 15 is 0 Å². The summed E-state index contributed by atoms with van der Waals surface area (Å²) in [6.07, 6.45) is 0. The lowest BCUT2D eigenvalue weighted by Gasteiger charge is -2.10. The summed E-state index contributed by atoms with van der Waals surface area (Å²) in [5.74, 6) is 5.97. The summed E-state index contributed by atoms with van der Waals surface area (Å²) >= 11 is 0. The minimum atomic E-state index is 0.439. The Morgan fingerprint density at radius 3 is 2.50 bits per heavy atom. The molecule has 2 aromatic carbocycles. The molecule has 0 atom stereocenters. The van der Waals surface area contributed by atoms with E-state index in [0.29, 0.717) is 5.82 Å². The number of nitrogen functional groups attached to an aromatic ring is 2. The molecule has 20 heavy (non-hydrogen) atoms. The number of aryl methyl sites for hydroxylation is 1. The van der Waals surface area contributed by atoms with Gasteiger partial charge < -0.3 is 11.2 Å².